The van der Waals surface area contributed by atoms with Crippen LogP contribution in [0.2, 0.25) is 0 Å². The molecule has 0 spiro atoms. The largest absolute Gasteiger partial charge is 0.371 e. The third-order valence-corrected chi connectivity index (χ3v) is 16.2. The molecule has 0 bridgehead atoms. The van der Waals surface area contributed by atoms with Crippen molar-refractivity contribution in [1.29, 1.82) is 0 Å². The van der Waals surface area contributed by atoms with Crippen molar-refractivity contribution in [2.24, 2.45) is 11.1 Å². The first kappa shape index (κ1) is 45.6. The zero-order valence-electron chi connectivity index (χ0n) is 40.4. The maximum atomic E-state index is 14.1. The number of piperazine rings is 1. The van der Waals surface area contributed by atoms with Crippen molar-refractivity contribution in [2.45, 2.75) is 116 Å². The molecule has 4 N–H and O–H groups in total. The number of benzene rings is 1. The summed E-state index contributed by atoms with van der Waals surface area (Å²) in [6.45, 7) is 15.6. The molecule has 9 heterocycles. The second-order valence-electron chi connectivity index (χ2n) is 21.2. The van der Waals surface area contributed by atoms with Crippen LogP contribution in [0.5, 0.6) is 0 Å². The number of anilines is 5. The Morgan fingerprint density at radius 1 is 0.757 bits per heavy atom. The molecule has 0 radical (unpaired) electrons. The highest BCUT2D eigenvalue weighted by Gasteiger charge is 2.46. The first-order valence-electron chi connectivity index (χ1n) is 25.1. The zero-order chi connectivity index (χ0) is 48.7. The van der Waals surface area contributed by atoms with E-state index in [1.807, 2.05) is 24.4 Å². The summed E-state index contributed by atoms with van der Waals surface area (Å²) in [5.41, 5.74) is 13.5. The lowest BCUT2D eigenvalue weighted by Gasteiger charge is -2.47. The number of hydrogen-bond acceptors (Lipinski definition) is 13. The van der Waals surface area contributed by atoms with Crippen LogP contribution in [0, 0.1) is 5.41 Å². The molecule has 4 aromatic rings. The third-order valence-electron chi connectivity index (χ3n) is 16.2. The van der Waals surface area contributed by atoms with Crippen molar-refractivity contribution in [3.63, 3.8) is 0 Å². The Balaban J connectivity index is 0.699. The fourth-order valence-corrected chi connectivity index (χ4v) is 12.7. The molecular formula is C52H62N12O6. The average molecular weight is 951 g/mol. The van der Waals surface area contributed by atoms with Gasteiger partial charge in [-0.25, -0.2) is 9.97 Å². The fourth-order valence-electron chi connectivity index (χ4n) is 12.7. The second kappa shape index (κ2) is 17.5. The molecule has 11 rings (SSSR count). The van der Waals surface area contributed by atoms with Gasteiger partial charge in [-0.05, 0) is 112 Å². The number of nitrogens with zero attached hydrogens (tertiary/aromatic N) is 9. The molecule has 3 aromatic heterocycles. The van der Waals surface area contributed by atoms with E-state index in [0.717, 1.165) is 112 Å². The highest BCUT2D eigenvalue weighted by molar-refractivity contribution is 6.23. The first-order valence-corrected chi connectivity index (χ1v) is 25.1. The summed E-state index contributed by atoms with van der Waals surface area (Å²) in [6.07, 6.45) is 9.54. The Hall–Kier alpha value is -6.82. The van der Waals surface area contributed by atoms with Gasteiger partial charge in [-0.2, -0.15) is 0 Å². The van der Waals surface area contributed by atoms with Crippen molar-refractivity contribution in [1.82, 2.24) is 34.6 Å². The molecule has 4 atom stereocenters. The predicted molar refractivity (Wildman–Crippen MR) is 263 cm³/mol. The van der Waals surface area contributed by atoms with Crippen LogP contribution >= 0.6 is 0 Å². The lowest BCUT2D eigenvalue weighted by molar-refractivity contribution is -0.136. The molecule has 18 heteroatoms. The Morgan fingerprint density at radius 3 is 2.26 bits per heavy atom. The molecule has 7 aliphatic rings. The minimum absolute atomic E-state index is 0.0206. The summed E-state index contributed by atoms with van der Waals surface area (Å²) in [6, 6.07) is 13.1. The van der Waals surface area contributed by atoms with Crippen LogP contribution in [0.25, 0.3) is 0 Å². The van der Waals surface area contributed by atoms with Gasteiger partial charge in [0.15, 0.2) is 5.69 Å². The van der Waals surface area contributed by atoms with Gasteiger partial charge in [0, 0.05) is 88.3 Å². The van der Waals surface area contributed by atoms with Crippen molar-refractivity contribution >= 4 is 64.0 Å². The van der Waals surface area contributed by atoms with E-state index in [9.17, 15) is 28.8 Å². The van der Waals surface area contributed by atoms with Gasteiger partial charge in [-0.1, -0.05) is 13.8 Å². The summed E-state index contributed by atoms with van der Waals surface area (Å²) >= 11 is 0. The van der Waals surface area contributed by atoms with Crippen LogP contribution in [0.3, 0.4) is 0 Å². The lowest BCUT2D eigenvalue weighted by atomic mass is 9.90. The zero-order valence-corrected chi connectivity index (χ0v) is 40.4. The highest BCUT2D eigenvalue weighted by atomic mass is 16.2. The van der Waals surface area contributed by atoms with Crippen LogP contribution < -0.4 is 31.1 Å². The van der Waals surface area contributed by atoms with Gasteiger partial charge in [0.2, 0.25) is 11.8 Å². The second-order valence-corrected chi connectivity index (χ2v) is 21.2. The molecule has 0 saturated carbocycles. The van der Waals surface area contributed by atoms with E-state index in [2.05, 4.69) is 84.5 Å². The van der Waals surface area contributed by atoms with Gasteiger partial charge in [0.1, 0.15) is 17.6 Å². The molecule has 366 valence electrons. The average Bonchev–Trinajstić information content (AvgIpc) is 3.93. The number of primary amides is 1. The maximum Gasteiger partial charge on any atom is 0.270 e. The number of carbonyl (C=O) groups is 6. The standard InChI is InChI=1S/C52H62N12O6/c1-30-29-59(33-13-16-58(17-14-33)34-7-9-37-38(23-34)50(69)64(49(37)68)41-10-12-45(65)57-48(41)67)18-19-60(30)35-8-11-44(54-27-35)56-39-24-36(28-55-46(39)47(53)66)61-15-5-6-40(31(61)2)63-21-20-62-42(51(63)70)22-32-25-52(3,4)26-43(32)62/h7-9,11,22-24,27-28,30-31,33,40-41H,5-6,10,12-21,25-26,29H2,1-4H3,(H2,53,66)(H,54,56)(H,57,65,67)/t30-,31+,40-,41?/m0/s1. The van der Waals surface area contributed by atoms with E-state index < -0.39 is 35.6 Å². The van der Waals surface area contributed by atoms with E-state index in [-0.39, 0.29) is 53.5 Å². The number of piperidine rings is 3. The summed E-state index contributed by atoms with van der Waals surface area (Å²) < 4.78 is 2.27. The number of hydrogen-bond donors (Lipinski definition) is 3. The molecule has 6 aliphatic heterocycles. The van der Waals surface area contributed by atoms with Crippen LogP contribution in [-0.4, -0.2) is 141 Å². The molecule has 70 heavy (non-hydrogen) atoms. The molecule has 4 fully saturated rings. The van der Waals surface area contributed by atoms with Crippen LogP contribution in [0.15, 0.2) is 54.9 Å². The Labute approximate surface area is 407 Å². The minimum atomic E-state index is -0.988. The van der Waals surface area contributed by atoms with Gasteiger partial charge in [0.05, 0.1) is 46.6 Å². The summed E-state index contributed by atoms with van der Waals surface area (Å²) in [7, 11) is 0. The van der Waals surface area contributed by atoms with Gasteiger partial charge >= 0.3 is 0 Å². The first-order chi connectivity index (χ1) is 33.6. The van der Waals surface area contributed by atoms with Crippen molar-refractivity contribution < 1.29 is 28.8 Å². The highest BCUT2D eigenvalue weighted by Crippen LogP contribution is 2.41. The van der Waals surface area contributed by atoms with E-state index in [1.165, 1.54) is 11.3 Å². The number of imide groups is 2. The van der Waals surface area contributed by atoms with Gasteiger partial charge < -0.3 is 35.2 Å². The Morgan fingerprint density at radius 2 is 1.51 bits per heavy atom. The molecule has 18 nitrogen and oxygen atoms in total. The molecule has 1 aromatic carbocycles. The number of carbonyl (C=O) groups excluding carboxylic acids is 6. The van der Waals surface area contributed by atoms with Crippen LogP contribution in [-0.2, 0) is 29.0 Å². The SMILES string of the molecule is C[C@@H]1[C@@H](N2CCn3c(cc4c3CC(C)(C)C4)C2=O)CCCN1c1cnc(C(N)=O)c(Nc2ccc(N3CCN(C4CCN(c5ccc6c(c5)C(=O)N(C5CCC(=O)NC5=O)C6=O)CC4)C[C@@H]3C)cn2)c1. The van der Waals surface area contributed by atoms with E-state index in [0.29, 0.717) is 29.7 Å². The smallest absolute Gasteiger partial charge is 0.270 e. The number of aromatic nitrogens is 3. The maximum absolute atomic E-state index is 14.1. The van der Waals surface area contributed by atoms with Crippen molar-refractivity contribution in [3.05, 3.63) is 88.6 Å². The van der Waals surface area contributed by atoms with Gasteiger partial charge in [-0.15, -0.1) is 0 Å². The number of nitrogens with one attached hydrogen (secondary N) is 2. The number of amides is 6. The number of nitrogens with two attached hydrogens (primary N) is 1. The number of fused-ring (bicyclic) bond motifs is 4. The third kappa shape index (κ3) is 8.02. The van der Waals surface area contributed by atoms with Crippen molar-refractivity contribution in [3.8, 4) is 0 Å². The van der Waals surface area contributed by atoms with Gasteiger partial charge in [-0.3, -0.25) is 43.9 Å². The monoisotopic (exact) mass is 950 g/mol. The number of rotatable bonds is 9. The summed E-state index contributed by atoms with van der Waals surface area (Å²) in [5, 5.41) is 5.60. The predicted octanol–water partition coefficient (Wildman–Crippen LogP) is 4.34. The van der Waals surface area contributed by atoms with E-state index in [4.69, 9.17) is 10.7 Å². The van der Waals surface area contributed by atoms with E-state index >= 15 is 0 Å². The fraction of sp³-hybridized carbons (Fsp3) is 0.500. The lowest BCUT2D eigenvalue weighted by Crippen LogP contribution is -2.58. The molecule has 6 amide bonds. The topological polar surface area (TPSA) is 203 Å². The summed E-state index contributed by atoms with van der Waals surface area (Å²) in [5.74, 6) is -1.96. The molecular weight excluding hydrogens is 889 g/mol. The Bertz CT molecular complexity index is 2820. The number of pyridine rings is 2. The molecule has 1 unspecified atom stereocenters. The molecule has 4 saturated heterocycles. The van der Waals surface area contributed by atoms with Crippen LogP contribution in [0.4, 0.5) is 28.6 Å². The van der Waals surface area contributed by atoms with Crippen LogP contribution in [0.1, 0.15) is 119 Å². The minimum Gasteiger partial charge on any atom is -0.371 e. The quantitative estimate of drug-likeness (QED) is 0.200. The Kier molecular flexibility index (Phi) is 11.4. The molecule has 1 aliphatic carbocycles. The van der Waals surface area contributed by atoms with Gasteiger partial charge in [0.25, 0.3) is 23.6 Å². The summed E-state index contributed by atoms with van der Waals surface area (Å²) in [4.78, 5) is 99.7. The van der Waals surface area contributed by atoms with E-state index in [1.54, 1.807) is 18.3 Å². The van der Waals surface area contributed by atoms with Crippen molar-refractivity contribution in [2.75, 3.05) is 65.8 Å². The normalized spacial score (nSPS) is 25.0.